The summed E-state index contributed by atoms with van der Waals surface area (Å²) in [4.78, 5) is 10.5. The second kappa shape index (κ2) is 8.96. The van der Waals surface area contributed by atoms with Gasteiger partial charge in [0.05, 0.1) is 13.2 Å². The maximum absolute atomic E-state index is 10.5. The molecule has 0 amide bonds. The predicted octanol–water partition coefficient (Wildman–Crippen LogP) is -5.67. The topological polar surface area (TPSA) is 218 Å². The molecule has 9 N–H and O–H groups in total. The van der Waals surface area contributed by atoms with E-state index in [2.05, 4.69) is 0 Å². The third kappa shape index (κ3) is 4.80. The monoisotopic (exact) mass is 358 g/mol. The van der Waals surface area contributed by atoms with Crippen LogP contribution in [0, 0.1) is 0 Å². The molecule has 0 aliphatic carbocycles. The molecule has 12 nitrogen and oxygen atoms in total. The van der Waals surface area contributed by atoms with Crippen LogP contribution in [0.25, 0.3) is 0 Å². The highest BCUT2D eigenvalue weighted by atomic mass is 16.7. The number of aliphatic hydroxyl groups is 8. The maximum atomic E-state index is 10.5. The molecule has 1 rings (SSSR count). The van der Waals surface area contributed by atoms with E-state index in [4.69, 9.17) is 24.8 Å². The summed E-state index contributed by atoms with van der Waals surface area (Å²) < 4.78 is 9.89. The van der Waals surface area contributed by atoms with Crippen LogP contribution in [0.3, 0.4) is 0 Å². The summed E-state index contributed by atoms with van der Waals surface area (Å²) in [7, 11) is 0. The summed E-state index contributed by atoms with van der Waals surface area (Å²) in [6, 6.07) is 0. The van der Waals surface area contributed by atoms with Crippen molar-refractivity contribution in [3.05, 3.63) is 0 Å². The van der Waals surface area contributed by atoms with Gasteiger partial charge in [0.25, 0.3) is 0 Å². The molecule has 1 aliphatic rings. The van der Waals surface area contributed by atoms with E-state index in [9.17, 15) is 35.4 Å². The number of aliphatic hydroxyl groups excluding tert-OH is 8. The Hall–Kier alpha value is -0.930. The minimum atomic E-state index is -2.35. The number of hydrogen-bond donors (Lipinski definition) is 9. The molecule has 1 aliphatic heterocycles. The van der Waals surface area contributed by atoms with Crippen LogP contribution in [0.15, 0.2) is 0 Å². The second-order valence-electron chi connectivity index (χ2n) is 5.36. The van der Waals surface area contributed by atoms with Crippen LogP contribution in [-0.2, 0) is 14.3 Å². The Bertz CT molecular complexity index is 403. The van der Waals surface area contributed by atoms with Gasteiger partial charge in [-0.05, 0) is 0 Å². The average molecular weight is 358 g/mol. The van der Waals surface area contributed by atoms with Gasteiger partial charge < -0.3 is 55.4 Å². The number of carboxylic acids is 1. The highest BCUT2D eigenvalue weighted by Gasteiger charge is 2.44. The zero-order chi connectivity index (χ0) is 18.6. The molecule has 0 spiro atoms. The smallest absolute Gasteiger partial charge is 0.335 e. The highest BCUT2D eigenvalue weighted by molar-refractivity contribution is 5.72. The van der Waals surface area contributed by atoms with E-state index in [1.54, 1.807) is 0 Å². The van der Waals surface area contributed by atoms with Gasteiger partial charge in [0.15, 0.2) is 12.4 Å². The number of ether oxygens (including phenoxy) is 2. The van der Waals surface area contributed by atoms with Gasteiger partial charge in [0.1, 0.15) is 42.7 Å². The van der Waals surface area contributed by atoms with Crippen LogP contribution < -0.4 is 0 Å². The van der Waals surface area contributed by atoms with Crippen LogP contribution in [0.5, 0.6) is 0 Å². The molecule has 0 bridgehead atoms. The van der Waals surface area contributed by atoms with E-state index in [1.807, 2.05) is 0 Å². The summed E-state index contributed by atoms with van der Waals surface area (Å²) in [5.74, 6) is -1.82. The first-order valence-corrected chi connectivity index (χ1v) is 6.99. The first kappa shape index (κ1) is 21.1. The molecule has 0 saturated carbocycles. The largest absolute Gasteiger partial charge is 0.479 e. The van der Waals surface area contributed by atoms with Crippen molar-refractivity contribution in [2.45, 2.75) is 55.1 Å². The number of aliphatic carboxylic acids is 1. The van der Waals surface area contributed by atoms with E-state index < -0.39 is 74.3 Å². The Morgan fingerprint density at radius 3 is 2.08 bits per heavy atom. The van der Waals surface area contributed by atoms with Crippen molar-refractivity contribution >= 4 is 5.97 Å². The van der Waals surface area contributed by atoms with Crippen molar-refractivity contribution < 1.29 is 60.2 Å². The van der Waals surface area contributed by atoms with Gasteiger partial charge in [-0.25, -0.2) is 4.79 Å². The van der Waals surface area contributed by atoms with Gasteiger partial charge >= 0.3 is 5.97 Å². The molecular formula is C12H22O12. The summed E-state index contributed by atoms with van der Waals surface area (Å²) in [5, 5.41) is 84.0. The predicted molar refractivity (Wildman–Crippen MR) is 71.4 cm³/mol. The fourth-order valence-corrected chi connectivity index (χ4v) is 2.06. The van der Waals surface area contributed by atoms with Crippen LogP contribution in [0.1, 0.15) is 0 Å². The molecule has 24 heavy (non-hydrogen) atoms. The van der Waals surface area contributed by atoms with E-state index in [1.165, 1.54) is 0 Å². The molecule has 0 aromatic carbocycles. The standard InChI is InChI=1S/C12H22O12/c13-1-4-6(16)8(18)10(20)12(24-4)23-2-3(14)5(15)7(17)9(19)11(21)22/h3-10,12-20H,1-2H2,(H,21,22)/t3?,4-,5?,6+,7?,8+,9?,10-,12+/m1/s1. The zero-order valence-corrected chi connectivity index (χ0v) is 12.4. The Balaban J connectivity index is 2.59. The van der Waals surface area contributed by atoms with E-state index in [-0.39, 0.29) is 0 Å². The van der Waals surface area contributed by atoms with Crippen LogP contribution in [0.2, 0.25) is 0 Å². The first-order chi connectivity index (χ1) is 11.1. The lowest BCUT2D eigenvalue weighted by Gasteiger charge is -2.40. The van der Waals surface area contributed by atoms with Gasteiger partial charge in [-0.2, -0.15) is 0 Å². The third-order valence-corrected chi connectivity index (χ3v) is 3.60. The molecule has 0 aromatic rings. The van der Waals surface area contributed by atoms with Crippen LogP contribution in [0.4, 0.5) is 0 Å². The third-order valence-electron chi connectivity index (χ3n) is 3.60. The van der Waals surface area contributed by atoms with Crippen LogP contribution in [-0.4, -0.2) is 120 Å². The lowest BCUT2D eigenvalue weighted by Crippen LogP contribution is -2.59. The van der Waals surface area contributed by atoms with Gasteiger partial charge in [0.2, 0.25) is 0 Å². The van der Waals surface area contributed by atoms with Gasteiger partial charge in [-0.15, -0.1) is 0 Å². The van der Waals surface area contributed by atoms with Gasteiger partial charge in [-0.3, -0.25) is 0 Å². The average Bonchev–Trinajstić information content (AvgIpc) is 2.56. The summed E-state index contributed by atoms with van der Waals surface area (Å²) in [6.45, 7) is -1.48. The van der Waals surface area contributed by atoms with Crippen molar-refractivity contribution in [1.29, 1.82) is 0 Å². The molecule has 9 atom stereocenters. The quantitative estimate of drug-likeness (QED) is 0.198. The van der Waals surface area contributed by atoms with Crippen LogP contribution >= 0.6 is 0 Å². The highest BCUT2D eigenvalue weighted by Crippen LogP contribution is 2.22. The molecule has 0 aromatic heterocycles. The minimum absolute atomic E-state index is 0.695. The lowest BCUT2D eigenvalue weighted by molar-refractivity contribution is -0.306. The van der Waals surface area contributed by atoms with Crippen molar-refractivity contribution in [2.24, 2.45) is 0 Å². The molecule has 142 valence electrons. The zero-order valence-electron chi connectivity index (χ0n) is 12.4. The Labute approximate surface area is 135 Å². The van der Waals surface area contributed by atoms with E-state index in [0.717, 1.165) is 0 Å². The first-order valence-electron chi connectivity index (χ1n) is 6.99. The molecule has 1 saturated heterocycles. The molecule has 1 heterocycles. The Morgan fingerprint density at radius 2 is 1.58 bits per heavy atom. The number of rotatable bonds is 8. The summed E-state index contributed by atoms with van der Waals surface area (Å²) in [5.41, 5.74) is 0. The Morgan fingerprint density at radius 1 is 1.00 bits per heavy atom. The second-order valence-corrected chi connectivity index (χ2v) is 5.36. The summed E-state index contributed by atoms with van der Waals surface area (Å²) in [6.07, 6.45) is -16.4. The number of carboxylic acid groups (broad SMARTS) is 1. The van der Waals surface area contributed by atoms with Crippen molar-refractivity contribution in [3.8, 4) is 0 Å². The minimum Gasteiger partial charge on any atom is -0.479 e. The molecule has 1 fully saturated rings. The fraction of sp³-hybridized carbons (Fsp3) is 0.917. The molecule has 4 unspecified atom stereocenters. The molecule has 0 radical (unpaired) electrons. The van der Waals surface area contributed by atoms with E-state index in [0.29, 0.717) is 0 Å². The van der Waals surface area contributed by atoms with Crippen molar-refractivity contribution in [2.75, 3.05) is 13.2 Å². The number of carbonyl (C=O) groups is 1. The van der Waals surface area contributed by atoms with Gasteiger partial charge in [-0.1, -0.05) is 0 Å². The fourth-order valence-electron chi connectivity index (χ4n) is 2.06. The molecular weight excluding hydrogens is 336 g/mol. The summed E-state index contributed by atoms with van der Waals surface area (Å²) >= 11 is 0. The molecule has 12 heteroatoms. The van der Waals surface area contributed by atoms with E-state index >= 15 is 0 Å². The normalized spacial score (nSPS) is 35.9. The van der Waals surface area contributed by atoms with Crippen molar-refractivity contribution in [3.63, 3.8) is 0 Å². The number of hydrogen-bond acceptors (Lipinski definition) is 11. The van der Waals surface area contributed by atoms with Crippen molar-refractivity contribution in [1.82, 2.24) is 0 Å². The Kier molecular flexibility index (Phi) is 7.88. The van der Waals surface area contributed by atoms with Gasteiger partial charge in [0, 0.05) is 0 Å². The SMILES string of the molecule is O=C(O)C(O)C(O)C(O)C(O)CO[C@H]1O[C@H](CO)[C@H](O)[C@H](O)[C@H]1O. The lowest BCUT2D eigenvalue weighted by atomic mass is 9.99. The maximum Gasteiger partial charge on any atom is 0.335 e.